The molecule has 0 aliphatic heterocycles. The van der Waals surface area contributed by atoms with Crippen LogP contribution in [0.25, 0.3) is 0 Å². The van der Waals surface area contributed by atoms with Crippen molar-refractivity contribution in [2.75, 3.05) is 6.54 Å². The van der Waals surface area contributed by atoms with Gasteiger partial charge in [-0.25, -0.2) is 8.42 Å². The molecule has 5 nitrogen and oxygen atoms in total. The second-order valence-corrected chi connectivity index (χ2v) is 8.75. The van der Waals surface area contributed by atoms with Gasteiger partial charge >= 0.3 is 5.97 Å². The Balaban J connectivity index is 3.13. The van der Waals surface area contributed by atoms with Gasteiger partial charge in [0.05, 0.1) is 10.8 Å². The molecule has 0 bridgehead atoms. The summed E-state index contributed by atoms with van der Waals surface area (Å²) in [4.78, 5) is 10.7. The minimum Gasteiger partial charge on any atom is -0.481 e. The summed E-state index contributed by atoms with van der Waals surface area (Å²) in [6.07, 6.45) is -0.240. The number of rotatable bonds is 5. The molecule has 19 heavy (non-hydrogen) atoms. The summed E-state index contributed by atoms with van der Waals surface area (Å²) in [5.41, 5.74) is -0.704. The second-order valence-electron chi connectivity index (χ2n) is 4.95. The van der Waals surface area contributed by atoms with Crippen LogP contribution < -0.4 is 0 Å². The van der Waals surface area contributed by atoms with Gasteiger partial charge < -0.3 is 5.11 Å². The Bertz CT molecular complexity index is 559. The van der Waals surface area contributed by atoms with Crippen LogP contribution in [0, 0.1) is 0 Å². The van der Waals surface area contributed by atoms with Gasteiger partial charge in [0, 0.05) is 12.1 Å². The third kappa shape index (κ3) is 4.17. The van der Waals surface area contributed by atoms with Crippen molar-refractivity contribution in [3.05, 3.63) is 16.5 Å². The van der Waals surface area contributed by atoms with Crippen LogP contribution in [0.5, 0.6) is 0 Å². The van der Waals surface area contributed by atoms with Crippen molar-refractivity contribution < 1.29 is 18.3 Å². The highest BCUT2D eigenvalue weighted by Crippen LogP contribution is 2.31. The van der Waals surface area contributed by atoms with Crippen LogP contribution in [0.3, 0.4) is 0 Å². The van der Waals surface area contributed by atoms with Gasteiger partial charge in [-0.3, -0.25) is 4.79 Å². The van der Waals surface area contributed by atoms with Gasteiger partial charge in [-0.2, -0.15) is 4.31 Å². The molecule has 1 aromatic heterocycles. The molecule has 0 aliphatic rings. The average molecular weight is 326 g/mol. The van der Waals surface area contributed by atoms with Crippen LogP contribution in [0.1, 0.15) is 27.2 Å². The summed E-state index contributed by atoms with van der Waals surface area (Å²) < 4.78 is 26.7. The Morgan fingerprint density at radius 1 is 1.42 bits per heavy atom. The van der Waals surface area contributed by atoms with E-state index in [1.54, 1.807) is 20.8 Å². The van der Waals surface area contributed by atoms with Gasteiger partial charge in [-0.05, 0) is 32.9 Å². The lowest BCUT2D eigenvalue weighted by molar-refractivity contribution is -0.137. The molecule has 0 amide bonds. The highest BCUT2D eigenvalue weighted by molar-refractivity contribution is 7.91. The first-order valence-corrected chi connectivity index (χ1v) is 8.18. The highest BCUT2D eigenvalue weighted by Gasteiger charge is 2.35. The summed E-state index contributed by atoms with van der Waals surface area (Å²) in [6, 6.07) is 2.94. The largest absolute Gasteiger partial charge is 0.481 e. The number of hydrogen-bond donors (Lipinski definition) is 1. The molecule has 0 saturated heterocycles. The number of hydrogen-bond acceptors (Lipinski definition) is 4. The zero-order valence-corrected chi connectivity index (χ0v) is 13.3. The summed E-state index contributed by atoms with van der Waals surface area (Å²) in [5, 5.41) is 8.73. The fourth-order valence-corrected chi connectivity index (χ4v) is 4.94. The molecule has 108 valence electrons. The number of thiophene rings is 1. The van der Waals surface area contributed by atoms with Crippen LogP contribution >= 0.6 is 22.9 Å². The maximum absolute atomic E-state index is 12.5. The molecule has 0 atom stereocenters. The number of aliphatic carboxylic acids is 1. The predicted octanol–water partition coefficient (Wildman–Crippen LogP) is 2.67. The zero-order valence-electron chi connectivity index (χ0n) is 10.9. The van der Waals surface area contributed by atoms with Gasteiger partial charge in [0.1, 0.15) is 4.21 Å². The molecule has 0 spiro atoms. The third-order valence-electron chi connectivity index (χ3n) is 2.37. The number of carbonyl (C=O) groups is 1. The van der Waals surface area contributed by atoms with Crippen molar-refractivity contribution in [2.45, 2.75) is 36.9 Å². The van der Waals surface area contributed by atoms with E-state index in [-0.39, 0.29) is 17.2 Å². The average Bonchev–Trinajstić information content (AvgIpc) is 2.62. The van der Waals surface area contributed by atoms with E-state index in [4.69, 9.17) is 16.7 Å². The Labute approximate surface area is 121 Å². The summed E-state index contributed by atoms with van der Waals surface area (Å²) in [7, 11) is -3.73. The molecule has 1 aromatic rings. The molecule has 0 fully saturated rings. The van der Waals surface area contributed by atoms with Gasteiger partial charge in [-0.15, -0.1) is 11.3 Å². The Kier molecular flexibility index (Phi) is 5.00. The monoisotopic (exact) mass is 325 g/mol. The molecule has 1 heterocycles. The predicted molar refractivity (Wildman–Crippen MR) is 75.2 cm³/mol. The van der Waals surface area contributed by atoms with Crippen molar-refractivity contribution in [3.8, 4) is 0 Å². The van der Waals surface area contributed by atoms with Crippen LogP contribution in [0.2, 0.25) is 4.34 Å². The Morgan fingerprint density at radius 3 is 2.37 bits per heavy atom. The fourth-order valence-electron chi connectivity index (χ4n) is 1.56. The number of halogens is 1. The van der Waals surface area contributed by atoms with E-state index < -0.39 is 21.5 Å². The van der Waals surface area contributed by atoms with Gasteiger partial charge in [0.25, 0.3) is 10.0 Å². The Hall–Kier alpha value is -0.630. The molecule has 0 unspecified atom stereocenters. The number of sulfonamides is 1. The third-order valence-corrected chi connectivity index (χ3v) is 6.23. The number of nitrogens with zero attached hydrogens (tertiary/aromatic N) is 1. The molecular weight excluding hydrogens is 310 g/mol. The zero-order chi connectivity index (χ0) is 14.8. The summed E-state index contributed by atoms with van der Waals surface area (Å²) in [6.45, 7) is 5.10. The molecule has 1 N–H and O–H groups in total. The molecular formula is C11H16ClNO4S2. The van der Waals surface area contributed by atoms with Crippen molar-refractivity contribution in [3.63, 3.8) is 0 Å². The van der Waals surface area contributed by atoms with E-state index in [1.165, 1.54) is 16.4 Å². The Morgan fingerprint density at radius 2 is 2.00 bits per heavy atom. The van der Waals surface area contributed by atoms with Crippen LogP contribution in [-0.4, -0.2) is 35.9 Å². The van der Waals surface area contributed by atoms with E-state index in [2.05, 4.69) is 0 Å². The first-order chi connectivity index (χ1) is 8.55. The minimum absolute atomic E-state index is 0.0727. The lowest BCUT2D eigenvalue weighted by Gasteiger charge is -2.33. The lowest BCUT2D eigenvalue weighted by Crippen LogP contribution is -2.46. The molecule has 0 radical (unpaired) electrons. The smallest absolute Gasteiger partial charge is 0.304 e. The lowest BCUT2D eigenvalue weighted by atomic mass is 10.1. The van der Waals surface area contributed by atoms with E-state index in [1.807, 2.05) is 0 Å². The summed E-state index contributed by atoms with van der Waals surface area (Å²) >= 11 is 6.72. The van der Waals surface area contributed by atoms with Crippen molar-refractivity contribution >= 4 is 38.9 Å². The van der Waals surface area contributed by atoms with Gasteiger partial charge in [0.15, 0.2) is 0 Å². The van der Waals surface area contributed by atoms with Crippen LogP contribution in [0.15, 0.2) is 16.3 Å². The maximum Gasteiger partial charge on any atom is 0.304 e. The van der Waals surface area contributed by atoms with Crippen LogP contribution in [0.4, 0.5) is 0 Å². The van der Waals surface area contributed by atoms with E-state index in [0.29, 0.717) is 4.34 Å². The standard InChI is InChI=1S/C11H16ClNO4S2/c1-11(2,3)13(7-6-9(14)15)19(16,17)10-5-4-8(12)18-10/h4-5H,6-7H2,1-3H3,(H,14,15). The van der Waals surface area contributed by atoms with E-state index >= 15 is 0 Å². The normalized spacial score (nSPS) is 12.9. The molecule has 0 aromatic carbocycles. The number of carboxylic acids is 1. The van der Waals surface area contributed by atoms with Crippen molar-refractivity contribution in [2.24, 2.45) is 0 Å². The first-order valence-electron chi connectivity index (χ1n) is 5.55. The second kappa shape index (κ2) is 5.78. The fraction of sp³-hybridized carbons (Fsp3) is 0.545. The van der Waals surface area contributed by atoms with Crippen molar-refractivity contribution in [1.29, 1.82) is 0 Å². The molecule has 1 rings (SSSR count). The highest BCUT2D eigenvalue weighted by atomic mass is 35.5. The molecule has 0 saturated carbocycles. The minimum atomic E-state index is -3.73. The SMILES string of the molecule is CC(C)(C)N(CCC(=O)O)S(=O)(=O)c1ccc(Cl)s1. The maximum atomic E-state index is 12.5. The van der Waals surface area contributed by atoms with Crippen molar-refractivity contribution in [1.82, 2.24) is 4.31 Å². The quantitative estimate of drug-likeness (QED) is 0.903. The van der Waals surface area contributed by atoms with Crippen LogP contribution in [-0.2, 0) is 14.8 Å². The van der Waals surface area contributed by atoms with Gasteiger partial charge in [0.2, 0.25) is 0 Å². The van der Waals surface area contributed by atoms with E-state index in [0.717, 1.165) is 11.3 Å². The first kappa shape index (κ1) is 16.4. The number of carboxylic acid groups (broad SMARTS) is 1. The summed E-state index contributed by atoms with van der Waals surface area (Å²) in [5.74, 6) is -1.03. The van der Waals surface area contributed by atoms with Gasteiger partial charge in [-0.1, -0.05) is 11.6 Å². The molecule has 8 heteroatoms. The van der Waals surface area contributed by atoms with E-state index in [9.17, 15) is 13.2 Å². The molecule has 0 aliphatic carbocycles. The topological polar surface area (TPSA) is 74.7 Å².